The normalized spacial score (nSPS) is 10.2. The molecule has 2 rings (SSSR count). The number of ether oxygens (including phenoxy) is 1. The fraction of sp³-hybridized carbons (Fsp3) is 0.133. The summed E-state index contributed by atoms with van der Waals surface area (Å²) in [6, 6.07) is 11.5. The lowest BCUT2D eigenvalue weighted by Crippen LogP contribution is -2.25. The summed E-state index contributed by atoms with van der Waals surface area (Å²) in [5, 5.41) is 20.4. The highest BCUT2D eigenvalue weighted by molar-refractivity contribution is 5.89. The Labute approximate surface area is 110 Å². The van der Waals surface area contributed by atoms with Crippen LogP contribution < -0.4 is 9.84 Å². The number of rotatable bonds is 4. The molecule has 19 heavy (non-hydrogen) atoms. The number of phenolic OH excluding ortho intramolecular Hbond substituents is 1. The molecule has 4 nitrogen and oxygen atoms in total. The van der Waals surface area contributed by atoms with E-state index in [-0.39, 0.29) is 17.9 Å². The molecule has 0 aromatic heterocycles. The van der Waals surface area contributed by atoms with Crippen LogP contribution in [0.2, 0.25) is 0 Å². The van der Waals surface area contributed by atoms with Gasteiger partial charge in [0, 0.05) is 11.6 Å². The van der Waals surface area contributed by atoms with Gasteiger partial charge in [0.2, 0.25) is 0 Å². The molecule has 0 saturated carbocycles. The summed E-state index contributed by atoms with van der Waals surface area (Å²) in [5.74, 6) is -0.639. The van der Waals surface area contributed by atoms with Crippen molar-refractivity contribution in [2.45, 2.75) is 13.5 Å². The van der Waals surface area contributed by atoms with Crippen LogP contribution in [0.5, 0.6) is 11.5 Å². The first kappa shape index (κ1) is 13.0. The van der Waals surface area contributed by atoms with Crippen molar-refractivity contribution in [1.82, 2.24) is 0 Å². The Bertz CT molecular complexity index is 605. The number of aromatic carboxylic acids is 1. The maximum absolute atomic E-state index is 11.1. The van der Waals surface area contributed by atoms with Gasteiger partial charge in [-0.2, -0.15) is 0 Å². The zero-order valence-corrected chi connectivity index (χ0v) is 10.4. The fourth-order valence-electron chi connectivity index (χ4n) is 1.88. The molecule has 2 aromatic carbocycles. The molecule has 4 heteroatoms. The lowest BCUT2D eigenvalue weighted by Gasteiger charge is -2.14. The number of hydrogen-bond acceptors (Lipinski definition) is 4. The van der Waals surface area contributed by atoms with Gasteiger partial charge < -0.3 is 19.7 Å². The highest BCUT2D eigenvalue weighted by Crippen LogP contribution is 2.20. The maximum atomic E-state index is 11.1. The minimum Gasteiger partial charge on any atom is -0.545 e. The minimum atomic E-state index is -1.22. The van der Waals surface area contributed by atoms with Crippen LogP contribution in [0.3, 0.4) is 0 Å². The second kappa shape index (κ2) is 5.44. The number of carbonyl (C=O) groups is 1. The predicted octanol–water partition coefficient (Wildman–Crippen LogP) is 1.64. The fourth-order valence-corrected chi connectivity index (χ4v) is 1.88. The lowest BCUT2D eigenvalue weighted by molar-refractivity contribution is -0.255. The van der Waals surface area contributed by atoms with E-state index in [9.17, 15) is 15.0 Å². The average molecular weight is 257 g/mol. The molecule has 0 spiro atoms. The molecule has 0 atom stereocenters. The maximum Gasteiger partial charge on any atom is 0.123 e. The van der Waals surface area contributed by atoms with Crippen molar-refractivity contribution in [2.75, 3.05) is 0 Å². The first-order valence-corrected chi connectivity index (χ1v) is 5.79. The van der Waals surface area contributed by atoms with Crippen LogP contribution >= 0.6 is 0 Å². The van der Waals surface area contributed by atoms with E-state index in [2.05, 4.69) is 0 Å². The van der Waals surface area contributed by atoms with Crippen LogP contribution in [0.4, 0.5) is 0 Å². The van der Waals surface area contributed by atoms with E-state index in [1.807, 2.05) is 0 Å². The summed E-state index contributed by atoms with van der Waals surface area (Å²) in [6.07, 6.45) is 0. The van der Waals surface area contributed by atoms with Crippen molar-refractivity contribution in [1.29, 1.82) is 0 Å². The zero-order chi connectivity index (χ0) is 13.8. The van der Waals surface area contributed by atoms with Gasteiger partial charge in [-0.3, -0.25) is 0 Å². The number of aromatic hydroxyl groups is 1. The van der Waals surface area contributed by atoms with Crippen molar-refractivity contribution < 1.29 is 19.7 Å². The van der Waals surface area contributed by atoms with Crippen LogP contribution in [0.1, 0.15) is 21.5 Å². The first-order chi connectivity index (χ1) is 9.08. The first-order valence-electron chi connectivity index (χ1n) is 5.79. The van der Waals surface area contributed by atoms with Gasteiger partial charge in [0.25, 0.3) is 0 Å². The summed E-state index contributed by atoms with van der Waals surface area (Å²) in [7, 11) is 0. The number of benzene rings is 2. The molecule has 0 saturated heterocycles. The van der Waals surface area contributed by atoms with Gasteiger partial charge in [0.05, 0.1) is 5.97 Å². The Balaban J connectivity index is 2.20. The van der Waals surface area contributed by atoms with Gasteiger partial charge in [-0.1, -0.05) is 24.3 Å². The van der Waals surface area contributed by atoms with Crippen LogP contribution in [0.15, 0.2) is 42.5 Å². The van der Waals surface area contributed by atoms with Crippen LogP contribution in [-0.2, 0) is 6.61 Å². The average Bonchev–Trinajstić information content (AvgIpc) is 2.36. The molecule has 1 N–H and O–H groups in total. The van der Waals surface area contributed by atoms with Crippen molar-refractivity contribution in [3.05, 3.63) is 59.2 Å². The zero-order valence-electron chi connectivity index (χ0n) is 10.4. The van der Waals surface area contributed by atoms with Crippen molar-refractivity contribution in [3.8, 4) is 11.5 Å². The largest absolute Gasteiger partial charge is 0.545 e. The molecular weight excluding hydrogens is 244 g/mol. The van der Waals surface area contributed by atoms with E-state index in [1.54, 1.807) is 37.3 Å². The molecule has 0 aliphatic rings. The van der Waals surface area contributed by atoms with Crippen molar-refractivity contribution in [2.24, 2.45) is 0 Å². The Morgan fingerprint density at radius 2 is 2.00 bits per heavy atom. The second-order valence-corrected chi connectivity index (χ2v) is 4.18. The molecule has 0 heterocycles. The Kier molecular flexibility index (Phi) is 3.71. The molecule has 0 aliphatic carbocycles. The van der Waals surface area contributed by atoms with Crippen molar-refractivity contribution in [3.63, 3.8) is 0 Å². The van der Waals surface area contributed by atoms with Gasteiger partial charge in [-0.15, -0.1) is 0 Å². The highest BCUT2D eigenvalue weighted by Gasteiger charge is 2.07. The molecule has 98 valence electrons. The van der Waals surface area contributed by atoms with E-state index < -0.39 is 5.97 Å². The van der Waals surface area contributed by atoms with Crippen LogP contribution in [0.25, 0.3) is 0 Å². The smallest absolute Gasteiger partial charge is 0.123 e. The number of carbonyl (C=O) groups excluding carboxylic acids is 1. The number of phenols is 1. The Morgan fingerprint density at radius 3 is 2.68 bits per heavy atom. The van der Waals surface area contributed by atoms with E-state index in [4.69, 9.17) is 4.74 Å². The molecule has 0 radical (unpaired) electrons. The van der Waals surface area contributed by atoms with E-state index >= 15 is 0 Å². The van der Waals surface area contributed by atoms with E-state index in [1.165, 1.54) is 12.1 Å². The molecule has 0 bridgehead atoms. The van der Waals surface area contributed by atoms with Crippen LogP contribution in [0, 0.1) is 6.92 Å². The number of carboxylic acids is 1. The van der Waals surface area contributed by atoms with Gasteiger partial charge >= 0.3 is 0 Å². The topological polar surface area (TPSA) is 69.6 Å². The third-order valence-corrected chi connectivity index (χ3v) is 2.78. The summed E-state index contributed by atoms with van der Waals surface area (Å²) >= 11 is 0. The molecule has 2 aromatic rings. The number of hydrogen-bond donors (Lipinski definition) is 1. The van der Waals surface area contributed by atoms with Gasteiger partial charge in [-0.25, -0.2) is 0 Å². The van der Waals surface area contributed by atoms with Crippen molar-refractivity contribution >= 4 is 5.97 Å². The summed E-state index contributed by atoms with van der Waals surface area (Å²) < 4.78 is 5.47. The quantitative estimate of drug-likeness (QED) is 0.904. The Morgan fingerprint density at radius 1 is 1.26 bits per heavy atom. The van der Waals surface area contributed by atoms with E-state index in [0.29, 0.717) is 16.9 Å². The van der Waals surface area contributed by atoms with Crippen LogP contribution in [-0.4, -0.2) is 11.1 Å². The predicted molar refractivity (Wildman–Crippen MR) is 67.9 cm³/mol. The van der Waals surface area contributed by atoms with Gasteiger partial charge in [0.1, 0.15) is 18.1 Å². The summed E-state index contributed by atoms with van der Waals surface area (Å²) in [5.41, 5.74) is 1.34. The standard InChI is InChI=1S/C15H14O4/c1-10-4-2-5-11(14(10)15(17)18)9-19-13-7-3-6-12(16)8-13/h2-8,16H,9H2,1H3,(H,17,18)/p-1. The third-order valence-electron chi connectivity index (χ3n) is 2.78. The molecule has 0 aliphatic heterocycles. The number of carboxylic acid groups (broad SMARTS) is 1. The summed E-state index contributed by atoms with van der Waals surface area (Å²) in [6.45, 7) is 1.82. The van der Waals surface area contributed by atoms with E-state index in [0.717, 1.165) is 0 Å². The molecular formula is C15H13O4-. The highest BCUT2D eigenvalue weighted by atomic mass is 16.5. The molecule has 0 amide bonds. The van der Waals surface area contributed by atoms with Gasteiger partial charge in [0.15, 0.2) is 0 Å². The second-order valence-electron chi connectivity index (χ2n) is 4.18. The summed E-state index contributed by atoms with van der Waals surface area (Å²) in [4.78, 5) is 11.1. The number of aryl methyl sites for hydroxylation is 1. The Hall–Kier alpha value is -2.49. The molecule has 0 fully saturated rings. The monoisotopic (exact) mass is 257 g/mol. The lowest BCUT2D eigenvalue weighted by atomic mass is 10.0. The molecule has 0 unspecified atom stereocenters. The minimum absolute atomic E-state index is 0.0990. The van der Waals surface area contributed by atoms with Gasteiger partial charge in [-0.05, 0) is 30.2 Å². The SMILES string of the molecule is Cc1cccc(COc2cccc(O)c2)c1C(=O)[O-]. The third kappa shape index (κ3) is 3.04.